The van der Waals surface area contributed by atoms with Gasteiger partial charge < -0.3 is 5.73 Å². The maximum atomic E-state index is 12.3. The van der Waals surface area contributed by atoms with Crippen LogP contribution in [-0.4, -0.2) is 24.5 Å². The summed E-state index contributed by atoms with van der Waals surface area (Å²) in [6.45, 7) is 5.55. The molecule has 0 saturated heterocycles. The molecule has 1 amide bonds. The van der Waals surface area contributed by atoms with Crippen LogP contribution in [0.1, 0.15) is 40.0 Å². The highest BCUT2D eigenvalue weighted by atomic mass is 32.2. The number of thiophene rings is 1. The highest BCUT2D eigenvalue weighted by Crippen LogP contribution is 2.27. The molecule has 0 radical (unpaired) electrons. The van der Waals surface area contributed by atoms with E-state index >= 15 is 0 Å². The zero-order chi connectivity index (χ0) is 15.8. The minimum atomic E-state index is -3.80. The summed E-state index contributed by atoms with van der Waals surface area (Å²) in [5.74, 6) is -0.226. The highest BCUT2D eigenvalue weighted by molar-refractivity contribution is 7.93. The van der Waals surface area contributed by atoms with Crippen LogP contribution in [-0.2, 0) is 10.0 Å². The summed E-state index contributed by atoms with van der Waals surface area (Å²) in [6.07, 6.45) is 0. The Hall–Kier alpha value is -1.87. The van der Waals surface area contributed by atoms with Gasteiger partial charge in [-0.3, -0.25) is 14.6 Å². The van der Waals surface area contributed by atoms with Crippen molar-refractivity contribution in [3.63, 3.8) is 0 Å². The lowest BCUT2D eigenvalue weighted by atomic mass is 10.1. The normalized spacial score (nSPS) is 11.8. The minimum absolute atomic E-state index is 0.0374. The van der Waals surface area contributed by atoms with Crippen molar-refractivity contribution in [1.82, 2.24) is 10.2 Å². The monoisotopic (exact) mass is 328 g/mol. The van der Waals surface area contributed by atoms with Crippen LogP contribution in [0.2, 0.25) is 0 Å². The molecule has 0 spiro atoms. The Kier molecular flexibility index (Phi) is 4.06. The summed E-state index contributed by atoms with van der Waals surface area (Å²) in [5, 5.41) is 6.69. The molecular formula is C12H16N4O3S2. The van der Waals surface area contributed by atoms with Gasteiger partial charge in [0.2, 0.25) is 0 Å². The number of primary amides is 1. The van der Waals surface area contributed by atoms with E-state index in [-0.39, 0.29) is 21.5 Å². The van der Waals surface area contributed by atoms with Gasteiger partial charge in [-0.1, -0.05) is 13.8 Å². The van der Waals surface area contributed by atoms with Crippen LogP contribution < -0.4 is 10.5 Å². The number of hydrogen-bond acceptors (Lipinski definition) is 5. The van der Waals surface area contributed by atoms with Crippen molar-refractivity contribution in [3.8, 4) is 0 Å². The number of sulfonamides is 1. The standard InChI is InChI=1S/C12H16N4O3S2/c1-6(2)8-4-11(15-14-8)16-21(18,19)10-5-9(12(13)17)20-7(10)3/h4-6H,1-3H3,(H2,13,17)(H2,14,15,16). The summed E-state index contributed by atoms with van der Waals surface area (Å²) < 4.78 is 27.0. The SMILES string of the molecule is Cc1sc(C(N)=O)cc1S(=O)(=O)Nc1cc(C(C)C)[nH]n1. The third-order valence-corrected chi connectivity index (χ3v) is 5.54. The molecule has 7 nitrogen and oxygen atoms in total. The third kappa shape index (κ3) is 3.24. The summed E-state index contributed by atoms with van der Waals surface area (Å²) in [4.78, 5) is 11.9. The maximum absolute atomic E-state index is 12.3. The smallest absolute Gasteiger partial charge is 0.264 e. The number of carbonyl (C=O) groups is 1. The predicted octanol–water partition coefficient (Wildman–Crippen LogP) is 1.80. The van der Waals surface area contributed by atoms with Crippen LogP contribution in [0, 0.1) is 6.92 Å². The average Bonchev–Trinajstić information content (AvgIpc) is 2.95. The fourth-order valence-electron chi connectivity index (χ4n) is 1.73. The van der Waals surface area contributed by atoms with E-state index in [1.54, 1.807) is 13.0 Å². The molecule has 21 heavy (non-hydrogen) atoms. The van der Waals surface area contributed by atoms with Crippen LogP contribution >= 0.6 is 11.3 Å². The number of nitrogens with two attached hydrogens (primary N) is 1. The zero-order valence-corrected chi connectivity index (χ0v) is 13.4. The van der Waals surface area contributed by atoms with Gasteiger partial charge in [0.1, 0.15) is 4.90 Å². The Labute approximate surface area is 126 Å². The molecule has 0 atom stereocenters. The molecule has 0 aliphatic rings. The number of aryl methyl sites for hydroxylation is 1. The van der Waals surface area contributed by atoms with Gasteiger partial charge in [0, 0.05) is 16.6 Å². The molecule has 0 unspecified atom stereocenters. The molecule has 0 aliphatic heterocycles. The van der Waals surface area contributed by atoms with Gasteiger partial charge in [-0.15, -0.1) is 11.3 Å². The minimum Gasteiger partial charge on any atom is -0.365 e. The Morgan fingerprint density at radius 3 is 2.57 bits per heavy atom. The van der Waals surface area contributed by atoms with Crippen LogP contribution in [0.4, 0.5) is 5.82 Å². The number of hydrogen-bond donors (Lipinski definition) is 3. The van der Waals surface area contributed by atoms with Gasteiger partial charge in [0.15, 0.2) is 5.82 Å². The van der Waals surface area contributed by atoms with Gasteiger partial charge in [0.05, 0.1) is 4.88 Å². The largest absolute Gasteiger partial charge is 0.365 e. The summed E-state index contributed by atoms with van der Waals surface area (Å²) in [5.41, 5.74) is 5.99. The van der Waals surface area contributed by atoms with E-state index < -0.39 is 15.9 Å². The van der Waals surface area contributed by atoms with Crippen molar-refractivity contribution in [2.45, 2.75) is 31.6 Å². The number of aromatic nitrogens is 2. The van der Waals surface area contributed by atoms with E-state index in [4.69, 9.17) is 5.73 Å². The Balaban J connectivity index is 2.31. The number of nitrogens with one attached hydrogen (secondary N) is 2. The Bertz CT molecular complexity index is 774. The van der Waals surface area contributed by atoms with E-state index in [0.29, 0.717) is 4.88 Å². The van der Waals surface area contributed by atoms with E-state index in [1.165, 1.54) is 6.07 Å². The summed E-state index contributed by atoms with van der Waals surface area (Å²) >= 11 is 1.05. The maximum Gasteiger partial charge on any atom is 0.264 e. The molecule has 0 bridgehead atoms. The predicted molar refractivity (Wildman–Crippen MR) is 81.1 cm³/mol. The Morgan fingerprint density at radius 2 is 2.10 bits per heavy atom. The first-order valence-electron chi connectivity index (χ1n) is 6.19. The third-order valence-electron chi connectivity index (χ3n) is 2.86. The zero-order valence-electron chi connectivity index (χ0n) is 11.8. The Morgan fingerprint density at radius 1 is 1.43 bits per heavy atom. The number of aromatic amines is 1. The molecule has 4 N–H and O–H groups in total. The molecule has 2 rings (SSSR count). The number of carbonyl (C=O) groups excluding carboxylic acids is 1. The fraction of sp³-hybridized carbons (Fsp3) is 0.333. The van der Waals surface area contributed by atoms with Crippen LogP contribution in [0.3, 0.4) is 0 Å². The van der Waals surface area contributed by atoms with Crippen molar-refractivity contribution in [2.75, 3.05) is 4.72 Å². The lowest BCUT2D eigenvalue weighted by Crippen LogP contribution is -2.14. The average molecular weight is 328 g/mol. The second-order valence-corrected chi connectivity index (χ2v) is 7.77. The quantitative estimate of drug-likeness (QED) is 0.775. The molecule has 2 heterocycles. The summed E-state index contributed by atoms with van der Waals surface area (Å²) in [7, 11) is -3.80. The van der Waals surface area contributed by atoms with Crippen molar-refractivity contribution >= 4 is 33.1 Å². The van der Waals surface area contributed by atoms with E-state index in [1.807, 2.05) is 13.8 Å². The summed E-state index contributed by atoms with van der Waals surface area (Å²) in [6, 6.07) is 2.92. The molecule has 9 heteroatoms. The number of amides is 1. The number of nitrogens with zero attached hydrogens (tertiary/aromatic N) is 1. The molecule has 0 aliphatic carbocycles. The number of H-pyrrole nitrogens is 1. The first-order valence-corrected chi connectivity index (χ1v) is 8.49. The molecule has 0 aromatic carbocycles. The van der Waals surface area contributed by atoms with Crippen molar-refractivity contribution in [2.24, 2.45) is 5.73 Å². The number of rotatable bonds is 5. The molecular weight excluding hydrogens is 312 g/mol. The molecule has 2 aromatic rings. The highest BCUT2D eigenvalue weighted by Gasteiger charge is 2.22. The van der Waals surface area contributed by atoms with Crippen LogP contribution in [0.15, 0.2) is 17.0 Å². The lowest BCUT2D eigenvalue weighted by molar-refractivity contribution is 0.100. The second-order valence-electron chi connectivity index (χ2n) is 4.86. The van der Waals surface area contributed by atoms with Crippen LogP contribution in [0.5, 0.6) is 0 Å². The molecule has 0 fully saturated rings. The van der Waals surface area contributed by atoms with Crippen molar-refractivity contribution in [3.05, 3.63) is 27.6 Å². The van der Waals surface area contributed by atoms with E-state index in [2.05, 4.69) is 14.9 Å². The van der Waals surface area contributed by atoms with Gasteiger partial charge in [-0.05, 0) is 18.9 Å². The van der Waals surface area contributed by atoms with Gasteiger partial charge in [-0.25, -0.2) is 8.42 Å². The number of anilines is 1. The van der Waals surface area contributed by atoms with Crippen molar-refractivity contribution < 1.29 is 13.2 Å². The van der Waals surface area contributed by atoms with E-state index in [9.17, 15) is 13.2 Å². The molecule has 114 valence electrons. The molecule has 0 saturated carbocycles. The first-order chi connectivity index (χ1) is 9.70. The lowest BCUT2D eigenvalue weighted by Gasteiger charge is -2.04. The van der Waals surface area contributed by atoms with Crippen molar-refractivity contribution in [1.29, 1.82) is 0 Å². The molecule has 2 aromatic heterocycles. The van der Waals surface area contributed by atoms with E-state index in [0.717, 1.165) is 17.0 Å². The van der Waals surface area contributed by atoms with Gasteiger partial charge in [-0.2, -0.15) is 5.10 Å². The topological polar surface area (TPSA) is 118 Å². The second kappa shape index (κ2) is 5.49. The first kappa shape index (κ1) is 15.5. The van der Waals surface area contributed by atoms with Gasteiger partial charge >= 0.3 is 0 Å². The fourth-order valence-corrected chi connectivity index (χ4v) is 4.17. The van der Waals surface area contributed by atoms with Crippen LogP contribution in [0.25, 0.3) is 0 Å². The van der Waals surface area contributed by atoms with Gasteiger partial charge in [0.25, 0.3) is 15.9 Å².